The number of nitrogens with zero attached hydrogens (tertiary/aromatic N) is 1. The number of hydrogen-bond donors (Lipinski definition) is 2. The second-order valence-corrected chi connectivity index (χ2v) is 5.17. The molecule has 0 aliphatic carbocycles. The number of H-pyrrole nitrogens is 1. The number of hydrogen-bond acceptors (Lipinski definition) is 2. The van der Waals surface area contributed by atoms with Crippen LogP contribution in [0.25, 0.3) is 10.9 Å². The van der Waals surface area contributed by atoms with E-state index in [1.165, 1.54) is 0 Å². The van der Waals surface area contributed by atoms with Gasteiger partial charge in [0.05, 0.1) is 5.92 Å². The molecule has 20 heavy (non-hydrogen) atoms. The van der Waals surface area contributed by atoms with E-state index in [9.17, 15) is 9.59 Å². The fourth-order valence-corrected chi connectivity index (χ4v) is 2.81. The molecular weight excluding hydrogens is 256 g/mol. The second-order valence-electron chi connectivity index (χ2n) is 5.17. The highest BCUT2D eigenvalue weighted by Crippen LogP contribution is 2.23. The molecule has 1 fully saturated rings. The minimum atomic E-state index is -0.817. The summed E-state index contributed by atoms with van der Waals surface area (Å²) in [6.07, 6.45) is 3.19. The fourth-order valence-electron chi connectivity index (χ4n) is 2.81. The number of carboxylic acids is 1. The standard InChI is InChI=1S/C15H16N2O3/c18-14(17-8-2-3-10(9-17)15(19)20)12-4-1-5-13-11(12)6-7-16-13/h1,4-7,10,16H,2-3,8-9H2,(H,19,20)/t10-/m0/s1. The summed E-state index contributed by atoms with van der Waals surface area (Å²) in [7, 11) is 0. The van der Waals surface area contributed by atoms with Gasteiger partial charge in [-0.3, -0.25) is 9.59 Å². The Hall–Kier alpha value is -2.30. The molecule has 104 valence electrons. The first-order valence-corrected chi connectivity index (χ1v) is 6.75. The van der Waals surface area contributed by atoms with Crippen molar-refractivity contribution in [2.45, 2.75) is 12.8 Å². The normalized spacial score (nSPS) is 19.2. The van der Waals surface area contributed by atoms with E-state index in [0.29, 0.717) is 25.1 Å². The average Bonchev–Trinajstić information content (AvgIpc) is 2.95. The van der Waals surface area contributed by atoms with Gasteiger partial charge in [-0.25, -0.2) is 0 Å². The van der Waals surface area contributed by atoms with Crippen molar-refractivity contribution in [3.05, 3.63) is 36.0 Å². The number of carbonyl (C=O) groups excluding carboxylic acids is 1. The summed E-state index contributed by atoms with van der Waals surface area (Å²) in [5.41, 5.74) is 1.55. The van der Waals surface area contributed by atoms with E-state index < -0.39 is 11.9 Å². The lowest BCUT2D eigenvalue weighted by atomic mass is 9.97. The highest BCUT2D eigenvalue weighted by molar-refractivity contribution is 6.06. The van der Waals surface area contributed by atoms with E-state index in [2.05, 4.69) is 4.98 Å². The average molecular weight is 272 g/mol. The van der Waals surface area contributed by atoms with Gasteiger partial charge in [0.25, 0.3) is 5.91 Å². The number of aliphatic carboxylic acids is 1. The molecular formula is C15H16N2O3. The largest absolute Gasteiger partial charge is 0.481 e. The predicted octanol–water partition coefficient (Wildman–Crippen LogP) is 2.10. The topological polar surface area (TPSA) is 73.4 Å². The number of likely N-dealkylation sites (tertiary alicyclic amines) is 1. The molecule has 0 bridgehead atoms. The zero-order valence-electron chi connectivity index (χ0n) is 11.0. The van der Waals surface area contributed by atoms with Gasteiger partial charge in [-0.2, -0.15) is 0 Å². The van der Waals surface area contributed by atoms with Gasteiger partial charge in [0, 0.05) is 35.8 Å². The molecule has 1 atom stereocenters. The maximum atomic E-state index is 12.6. The number of piperidine rings is 1. The van der Waals surface area contributed by atoms with Crippen LogP contribution in [0.15, 0.2) is 30.5 Å². The van der Waals surface area contributed by atoms with Crippen LogP contribution in [0.5, 0.6) is 0 Å². The zero-order chi connectivity index (χ0) is 14.1. The summed E-state index contributed by atoms with van der Waals surface area (Å²) in [5.74, 6) is -1.35. The molecule has 1 saturated heterocycles. The van der Waals surface area contributed by atoms with Gasteiger partial charge < -0.3 is 15.0 Å². The van der Waals surface area contributed by atoms with Crippen LogP contribution >= 0.6 is 0 Å². The molecule has 1 aromatic carbocycles. The molecule has 1 aliphatic rings. The number of amides is 1. The van der Waals surface area contributed by atoms with E-state index in [1.54, 1.807) is 17.2 Å². The second kappa shape index (κ2) is 5.00. The lowest BCUT2D eigenvalue weighted by Gasteiger charge is -2.30. The van der Waals surface area contributed by atoms with E-state index in [1.807, 2.05) is 18.2 Å². The first-order valence-electron chi connectivity index (χ1n) is 6.75. The quantitative estimate of drug-likeness (QED) is 0.879. The molecule has 1 amide bonds. The van der Waals surface area contributed by atoms with Crippen LogP contribution < -0.4 is 0 Å². The Morgan fingerprint density at radius 3 is 2.95 bits per heavy atom. The van der Waals surface area contributed by atoms with E-state index in [4.69, 9.17) is 5.11 Å². The lowest BCUT2D eigenvalue weighted by Crippen LogP contribution is -2.42. The number of nitrogens with one attached hydrogen (secondary N) is 1. The SMILES string of the molecule is O=C(O)[C@H]1CCCN(C(=O)c2cccc3[nH]ccc23)C1. The molecule has 0 radical (unpaired) electrons. The van der Waals surface area contributed by atoms with Gasteiger partial charge in [0.15, 0.2) is 0 Å². The molecule has 0 unspecified atom stereocenters. The predicted molar refractivity (Wildman–Crippen MR) is 74.6 cm³/mol. The minimum absolute atomic E-state index is 0.0823. The third-order valence-electron chi connectivity index (χ3n) is 3.88. The van der Waals surface area contributed by atoms with Gasteiger partial charge >= 0.3 is 5.97 Å². The van der Waals surface area contributed by atoms with E-state index in [0.717, 1.165) is 17.3 Å². The number of carboxylic acid groups (broad SMARTS) is 1. The Balaban J connectivity index is 1.88. The van der Waals surface area contributed by atoms with Gasteiger partial charge in [-0.05, 0) is 31.0 Å². The Kier molecular flexibility index (Phi) is 3.18. The number of carbonyl (C=O) groups is 2. The fraction of sp³-hybridized carbons (Fsp3) is 0.333. The Morgan fingerprint density at radius 1 is 1.30 bits per heavy atom. The smallest absolute Gasteiger partial charge is 0.308 e. The van der Waals surface area contributed by atoms with Crippen molar-refractivity contribution in [2.75, 3.05) is 13.1 Å². The molecule has 1 aliphatic heterocycles. The molecule has 2 heterocycles. The Labute approximate surface area is 116 Å². The highest BCUT2D eigenvalue weighted by Gasteiger charge is 2.29. The highest BCUT2D eigenvalue weighted by atomic mass is 16.4. The van der Waals surface area contributed by atoms with Gasteiger partial charge in [0.2, 0.25) is 0 Å². The number of benzene rings is 1. The number of rotatable bonds is 2. The van der Waals surface area contributed by atoms with Crippen molar-refractivity contribution in [1.29, 1.82) is 0 Å². The molecule has 0 spiro atoms. The summed E-state index contributed by atoms with van der Waals surface area (Å²) in [4.78, 5) is 28.4. The summed E-state index contributed by atoms with van der Waals surface area (Å²) in [6.45, 7) is 0.929. The van der Waals surface area contributed by atoms with Crippen LogP contribution in [-0.4, -0.2) is 40.0 Å². The van der Waals surface area contributed by atoms with Crippen molar-refractivity contribution < 1.29 is 14.7 Å². The maximum Gasteiger partial charge on any atom is 0.308 e. The van der Waals surface area contributed by atoms with Crippen LogP contribution in [0.3, 0.4) is 0 Å². The summed E-state index contributed by atoms with van der Waals surface area (Å²) in [6, 6.07) is 7.43. The monoisotopic (exact) mass is 272 g/mol. The van der Waals surface area contributed by atoms with Crippen LogP contribution in [-0.2, 0) is 4.79 Å². The molecule has 2 aromatic rings. The molecule has 5 heteroatoms. The zero-order valence-corrected chi connectivity index (χ0v) is 11.0. The van der Waals surface area contributed by atoms with Gasteiger partial charge in [-0.1, -0.05) is 6.07 Å². The van der Waals surface area contributed by atoms with Crippen LogP contribution in [0.1, 0.15) is 23.2 Å². The molecule has 1 aromatic heterocycles. The summed E-state index contributed by atoms with van der Waals surface area (Å²) < 4.78 is 0. The van der Waals surface area contributed by atoms with E-state index in [-0.39, 0.29) is 5.91 Å². The molecule has 2 N–H and O–H groups in total. The Morgan fingerprint density at radius 2 is 2.15 bits per heavy atom. The summed E-state index contributed by atoms with van der Waals surface area (Å²) >= 11 is 0. The third-order valence-corrected chi connectivity index (χ3v) is 3.88. The Bertz CT molecular complexity index is 662. The molecule has 0 saturated carbocycles. The van der Waals surface area contributed by atoms with Crippen LogP contribution in [0.2, 0.25) is 0 Å². The van der Waals surface area contributed by atoms with Crippen molar-refractivity contribution in [3.63, 3.8) is 0 Å². The minimum Gasteiger partial charge on any atom is -0.481 e. The van der Waals surface area contributed by atoms with Crippen molar-refractivity contribution in [3.8, 4) is 0 Å². The van der Waals surface area contributed by atoms with Gasteiger partial charge in [-0.15, -0.1) is 0 Å². The van der Waals surface area contributed by atoms with Crippen molar-refractivity contribution >= 4 is 22.8 Å². The van der Waals surface area contributed by atoms with Crippen LogP contribution in [0.4, 0.5) is 0 Å². The van der Waals surface area contributed by atoms with Crippen molar-refractivity contribution in [2.24, 2.45) is 5.92 Å². The number of fused-ring (bicyclic) bond motifs is 1. The molecule has 5 nitrogen and oxygen atoms in total. The lowest BCUT2D eigenvalue weighted by molar-refractivity contribution is -0.143. The van der Waals surface area contributed by atoms with Crippen molar-refractivity contribution in [1.82, 2.24) is 9.88 Å². The van der Waals surface area contributed by atoms with Gasteiger partial charge in [0.1, 0.15) is 0 Å². The first kappa shape index (κ1) is 12.7. The van der Waals surface area contributed by atoms with E-state index >= 15 is 0 Å². The summed E-state index contributed by atoms with van der Waals surface area (Å²) in [5, 5.41) is 9.99. The maximum absolute atomic E-state index is 12.6. The van der Waals surface area contributed by atoms with Crippen LogP contribution in [0, 0.1) is 5.92 Å². The third kappa shape index (κ3) is 2.15. The molecule has 3 rings (SSSR count). The number of aromatic nitrogens is 1. The number of aromatic amines is 1. The first-order chi connectivity index (χ1) is 9.66.